The lowest BCUT2D eigenvalue weighted by atomic mass is 10.2. The molecule has 0 aliphatic rings. The Morgan fingerprint density at radius 3 is 2.73 bits per heavy atom. The van der Waals surface area contributed by atoms with Crippen molar-refractivity contribution in [3.05, 3.63) is 58.1 Å². The standard InChI is InChI=1S/C18H17ClN2O3S2/c1-26(23,24)12-8-9-14(19)13(11-12)18(22)20-10-4-7-17-21-15-5-2-3-6-16(15)25-17/h2-3,5-6,8-9,11H,4,7,10H2,1H3,(H,20,22). The summed E-state index contributed by atoms with van der Waals surface area (Å²) in [6.07, 6.45) is 2.58. The van der Waals surface area contributed by atoms with Crippen molar-refractivity contribution in [2.24, 2.45) is 0 Å². The monoisotopic (exact) mass is 408 g/mol. The molecule has 0 saturated carbocycles. The molecule has 3 rings (SSSR count). The van der Waals surface area contributed by atoms with Gasteiger partial charge in [0.05, 0.1) is 30.7 Å². The van der Waals surface area contributed by atoms with Gasteiger partial charge in [-0.25, -0.2) is 13.4 Å². The van der Waals surface area contributed by atoms with Crippen LogP contribution in [0.25, 0.3) is 10.2 Å². The van der Waals surface area contributed by atoms with Gasteiger partial charge in [-0.3, -0.25) is 4.79 Å². The van der Waals surface area contributed by atoms with Crippen molar-refractivity contribution in [1.82, 2.24) is 10.3 Å². The third-order valence-corrected chi connectivity index (χ3v) is 6.34. The van der Waals surface area contributed by atoms with Crippen LogP contribution in [0.3, 0.4) is 0 Å². The molecule has 1 aromatic heterocycles. The second kappa shape index (κ2) is 7.73. The predicted molar refractivity (Wildman–Crippen MR) is 105 cm³/mol. The number of halogens is 1. The van der Waals surface area contributed by atoms with E-state index in [-0.39, 0.29) is 21.4 Å². The van der Waals surface area contributed by atoms with Gasteiger partial charge in [-0.1, -0.05) is 23.7 Å². The van der Waals surface area contributed by atoms with Crippen LogP contribution >= 0.6 is 22.9 Å². The number of hydrogen-bond donors (Lipinski definition) is 1. The summed E-state index contributed by atoms with van der Waals surface area (Å²) in [5, 5.41) is 4.03. The molecule has 0 spiro atoms. The Kier molecular flexibility index (Phi) is 5.60. The van der Waals surface area contributed by atoms with Crippen LogP contribution in [0.1, 0.15) is 21.8 Å². The lowest BCUT2D eigenvalue weighted by molar-refractivity contribution is 0.0953. The molecule has 8 heteroatoms. The minimum absolute atomic E-state index is 0.0709. The normalized spacial score (nSPS) is 11.6. The molecule has 1 heterocycles. The van der Waals surface area contributed by atoms with Crippen molar-refractivity contribution < 1.29 is 13.2 Å². The van der Waals surface area contributed by atoms with Crippen LogP contribution in [-0.4, -0.2) is 32.1 Å². The number of carbonyl (C=O) groups is 1. The van der Waals surface area contributed by atoms with Gasteiger partial charge in [0, 0.05) is 19.2 Å². The molecule has 0 aliphatic heterocycles. The summed E-state index contributed by atoms with van der Waals surface area (Å²) in [5.41, 5.74) is 1.15. The largest absolute Gasteiger partial charge is 0.352 e. The van der Waals surface area contributed by atoms with Crippen molar-refractivity contribution in [2.45, 2.75) is 17.7 Å². The number of carbonyl (C=O) groups excluding carboxylic acids is 1. The van der Waals surface area contributed by atoms with Crippen molar-refractivity contribution in [3.8, 4) is 0 Å². The Hall–Kier alpha value is -1.96. The van der Waals surface area contributed by atoms with Crippen molar-refractivity contribution in [1.29, 1.82) is 0 Å². The number of hydrogen-bond acceptors (Lipinski definition) is 5. The minimum atomic E-state index is -3.40. The van der Waals surface area contributed by atoms with Gasteiger partial charge in [0.1, 0.15) is 0 Å². The van der Waals surface area contributed by atoms with Gasteiger partial charge in [-0.2, -0.15) is 0 Å². The number of sulfone groups is 1. The number of benzene rings is 2. The van der Waals surface area contributed by atoms with Gasteiger partial charge in [0.2, 0.25) is 0 Å². The predicted octanol–water partition coefficient (Wildman–Crippen LogP) is 3.72. The molecule has 0 atom stereocenters. The summed E-state index contributed by atoms with van der Waals surface area (Å²) in [7, 11) is -3.40. The average Bonchev–Trinajstić information content (AvgIpc) is 3.00. The van der Waals surface area contributed by atoms with E-state index in [2.05, 4.69) is 10.3 Å². The molecule has 5 nitrogen and oxygen atoms in total. The average molecular weight is 409 g/mol. The van der Waals surface area contributed by atoms with E-state index in [1.54, 1.807) is 11.3 Å². The molecular formula is C18H17ClN2O3S2. The van der Waals surface area contributed by atoms with Gasteiger partial charge in [-0.05, 0) is 36.8 Å². The summed E-state index contributed by atoms with van der Waals surface area (Å²) in [4.78, 5) is 16.9. The van der Waals surface area contributed by atoms with Crippen LogP contribution in [0.2, 0.25) is 5.02 Å². The maximum absolute atomic E-state index is 12.3. The number of aromatic nitrogens is 1. The summed E-state index contributed by atoms with van der Waals surface area (Å²) >= 11 is 7.68. The lowest BCUT2D eigenvalue weighted by Crippen LogP contribution is -2.25. The Labute approximate surface area is 160 Å². The number of aryl methyl sites for hydroxylation is 1. The Bertz CT molecular complexity index is 1030. The highest BCUT2D eigenvalue weighted by molar-refractivity contribution is 7.90. The number of nitrogens with one attached hydrogen (secondary N) is 1. The molecular weight excluding hydrogens is 392 g/mol. The number of amides is 1. The third kappa shape index (κ3) is 4.41. The number of thiazole rings is 1. The van der Waals surface area contributed by atoms with Crippen molar-refractivity contribution in [2.75, 3.05) is 12.8 Å². The van der Waals surface area contributed by atoms with Crippen LogP contribution in [0.15, 0.2) is 47.4 Å². The molecule has 1 amide bonds. The molecule has 2 aromatic carbocycles. The first-order valence-electron chi connectivity index (χ1n) is 7.97. The number of rotatable bonds is 6. The number of nitrogens with zero attached hydrogens (tertiary/aromatic N) is 1. The second-order valence-corrected chi connectivity index (χ2v) is 9.39. The molecule has 0 radical (unpaired) electrons. The lowest BCUT2D eigenvalue weighted by Gasteiger charge is -2.08. The third-order valence-electron chi connectivity index (χ3n) is 3.80. The zero-order valence-electron chi connectivity index (χ0n) is 14.0. The summed E-state index contributed by atoms with van der Waals surface area (Å²) in [5.74, 6) is -0.384. The van der Waals surface area contributed by atoms with Gasteiger partial charge in [0.15, 0.2) is 9.84 Å². The van der Waals surface area contributed by atoms with Crippen LogP contribution in [0.5, 0.6) is 0 Å². The zero-order valence-corrected chi connectivity index (χ0v) is 16.4. The van der Waals surface area contributed by atoms with Crippen LogP contribution in [0, 0.1) is 0 Å². The van der Waals surface area contributed by atoms with E-state index in [4.69, 9.17) is 11.6 Å². The summed E-state index contributed by atoms with van der Waals surface area (Å²) in [6.45, 7) is 0.453. The maximum atomic E-state index is 12.3. The van der Waals surface area contributed by atoms with E-state index in [9.17, 15) is 13.2 Å². The number of fused-ring (bicyclic) bond motifs is 1. The van der Waals surface area contributed by atoms with Gasteiger partial charge in [-0.15, -0.1) is 11.3 Å². The fraction of sp³-hybridized carbons (Fsp3) is 0.222. The number of para-hydroxylation sites is 1. The maximum Gasteiger partial charge on any atom is 0.252 e. The van der Waals surface area contributed by atoms with E-state index >= 15 is 0 Å². The molecule has 0 fully saturated rings. The van der Waals surface area contributed by atoms with E-state index in [1.165, 1.54) is 18.2 Å². The molecule has 0 unspecified atom stereocenters. The smallest absolute Gasteiger partial charge is 0.252 e. The van der Waals surface area contributed by atoms with Crippen LogP contribution in [-0.2, 0) is 16.3 Å². The van der Waals surface area contributed by atoms with Gasteiger partial charge in [0.25, 0.3) is 5.91 Å². The molecule has 136 valence electrons. The first kappa shape index (κ1) is 18.8. The highest BCUT2D eigenvalue weighted by Gasteiger charge is 2.15. The molecule has 0 bridgehead atoms. The van der Waals surface area contributed by atoms with Crippen molar-refractivity contribution in [3.63, 3.8) is 0 Å². The van der Waals surface area contributed by atoms with Crippen LogP contribution < -0.4 is 5.32 Å². The SMILES string of the molecule is CS(=O)(=O)c1ccc(Cl)c(C(=O)NCCCc2nc3ccccc3s2)c1. The van der Waals surface area contributed by atoms with Crippen molar-refractivity contribution >= 4 is 48.9 Å². The summed E-state index contributed by atoms with van der Waals surface area (Å²) < 4.78 is 24.4. The molecule has 26 heavy (non-hydrogen) atoms. The second-order valence-electron chi connectivity index (χ2n) is 5.85. The topological polar surface area (TPSA) is 76.1 Å². The van der Waals surface area contributed by atoms with E-state index < -0.39 is 9.84 Å². The van der Waals surface area contributed by atoms with Gasteiger partial charge >= 0.3 is 0 Å². The molecule has 0 saturated heterocycles. The van der Waals surface area contributed by atoms with Crippen LogP contribution in [0.4, 0.5) is 0 Å². The fourth-order valence-corrected chi connectivity index (χ4v) is 4.33. The summed E-state index contributed by atoms with van der Waals surface area (Å²) in [6, 6.07) is 12.1. The van der Waals surface area contributed by atoms with E-state index in [1.807, 2.05) is 24.3 Å². The molecule has 1 N–H and O–H groups in total. The Balaban J connectivity index is 1.59. The first-order chi connectivity index (χ1) is 12.3. The quantitative estimate of drug-likeness (QED) is 0.630. The molecule has 3 aromatic rings. The first-order valence-corrected chi connectivity index (χ1v) is 11.1. The zero-order chi connectivity index (χ0) is 18.7. The Morgan fingerprint density at radius 2 is 2.00 bits per heavy atom. The highest BCUT2D eigenvalue weighted by atomic mass is 35.5. The van der Waals surface area contributed by atoms with Gasteiger partial charge < -0.3 is 5.32 Å². The molecule has 0 aliphatic carbocycles. The van der Waals surface area contributed by atoms with E-state index in [0.29, 0.717) is 6.54 Å². The fourth-order valence-electron chi connectivity index (χ4n) is 2.47. The van der Waals surface area contributed by atoms with E-state index in [0.717, 1.165) is 34.3 Å². The highest BCUT2D eigenvalue weighted by Crippen LogP contribution is 2.23. The Morgan fingerprint density at radius 1 is 1.23 bits per heavy atom. The minimum Gasteiger partial charge on any atom is -0.352 e.